The van der Waals surface area contributed by atoms with E-state index in [2.05, 4.69) is 12.2 Å². The van der Waals surface area contributed by atoms with Gasteiger partial charge in [0.05, 0.1) is 18.8 Å². The summed E-state index contributed by atoms with van der Waals surface area (Å²) in [5.74, 6) is 0. The van der Waals surface area contributed by atoms with Crippen LogP contribution in [0.25, 0.3) is 0 Å². The van der Waals surface area contributed by atoms with Crippen molar-refractivity contribution in [2.75, 3.05) is 26.8 Å². The number of nitrogens with one attached hydrogen (secondary N) is 1. The number of hydrogen-bond acceptors (Lipinski definition) is 3. The Morgan fingerprint density at radius 2 is 1.88 bits per heavy atom. The molecular weight excluding hydrogens is 202 g/mol. The van der Waals surface area contributed by atoms with Crippen molar-refractivity contribution in [1.29, 1.82) is 0 Å². The maximum absolute atomic E-state index is 6.05. The zero-order valence-corrected chi connectivity index (χ0v) is 10.8. The van der Waals surface area contributed by atoms with Crippen LogP contribution in [0, 0.1) is 0 Å². The van der Waals surface area contributed by atoms with E-state index in [1.165, 1.54) is 38.5 Å². The third-order valence-electron chi connectivity index (χ3n) is 3.14. The Bertz CT molecular complexity index is 156. The predicted molar refractivity (Wildman–Crippen MR) is 66.8 cm³/mol. The van der Waals surface area contributed by atoms with E-state index in [1.807, 2.05) is 0 Å². The average molecular weight is 229 g/mol. The third-order valence-corrected chi connectivity index (χ3v) is 3.14. The Kier molecular flexibility index (Phi) is 7.81. The van der Waals surface area contributed by atoms with Crippen LogP contribution in [0.2, 0.25) is 0 Å². The predicted octanol–water partition coefficient (Wildman–Crippen LogP) is 2.35. The summed E-state index contributed by atoms with van der Waals surface area (Å²) < 4.78 is 11.0. The van der Waals surface area contributed by atoms with E-state index in [9.17, 15) is 0 Å². The molecule has 0 heterocycles. The lowest BCUT2D eigenvalue weighted by molar-refractivity contribution is -0.00914. The molecule has 1 aliphatic carbocycles. The van der Waals surface area contributed by atoms with Gasteiger partial charge in [-0.15, -0.1) is 0 Å². The Hall–Kier alpha value is -0.120. The first-order chi connectivity index (χ1) is 7.83. The summed E-state index contributed by atoms with van der Waals surface area (Å²) in [5, 5.41) is 3.34. The van der Waals surface area contributed by atoms with Gasteiger partial charge in [-0.25, -0.2) is 0 Å². The van der Waals surface area contributed by atoms with Crippen molar-refractivity contribution < 1.29 is 9.47 Å². The molecular formula is C13H27NO2. The highest BCUT2D eigenvalue weighted by Crippen LogP contribution is 2.20. The van der Waals surface area contributed by atoms with E-state index in [-0.39, 0.29) is 0 Å². The fourth-order valence-electron chi connectivity index (χ4n) is 2.23. The lowest BCUT2D eigenvalue weighted by atomic mass is 10.1. The monoisotopic (exact) mass is 229 g/mol. The molecule has 1 atom stereocenters. The summed E-state index contributed by atoms with van der Waals surface area (Å²) in [4.78, 5) is 0. The summed E-state index contributed by atoms with van der Waals surface area (Å²) in [7, 11) is 1.73. The van der Waals surface area contributed by atoms with Gasteiger partial charge in [-0.3, -0.25) is 0 Å². The molecule has 0 saturated heterocycles. The highest BCUT2D eigenvalue weighted by atomic mass is 16.5. The van der Waals surface area contributed by atoms with Gasteiger partial charge in [-0.05, 0) is 19.8 Å². The van der Waals surface area contributed by atoms with Crippen LogP contribution < -0.4 is 5.32 Å². The molecule has 0 spiro atoms. The molecule has 1 aliphatic rings. The molecule has 0 aliphatic heterocycles. The Labute approximate surface area is 99.9 Å². The molecule has 1 rings (SSSR count). The molecule has 0 aromatic carbocycles. The van der Waals surface area contributed by atoms with Gasteiger partial charge in [0.15, 0.2) is 0 Å². The lowest BCUT2D eigenvalue weighted by Gasteiger charge is -2.21. The van der Waals surface area contributed by atoms with Crippen LogP contribution in [0.1, 0.15) is 45.4 Å². The molecule has 0 aromatic heterocycles. The van der Waals surface area contributed by atoms with Gasteiger partial charge in [0.1, 0.15) is 0 Å². The van der Waals surface area contributed by atoms with E-state index < -0.39 is 0 Å². The number of methoxy groups -OCH3 is 1. The summed E-state index contributed by atoms with van der Waals surface area (Å²) in [5.41, 5.74) is 0. The molecule has 3 heteroatoms. The van der Waals surface area contributed by atoms with Gasteiger partial charge >= 0.3 is 0 Å². The number of hydrogen-bond donors (Lipinski definition) is 1. The Morgan fingerprint density at radius 1 is 1.19 bits per heavy atom. The van der Waals surface area contributed by atoms with E-state index in [0.29, 0.717) is 12.2 Å². The second-order valence-electron chi connectivity index (χ2n) is 4.76. The van der Waals surface area contributed by atoms with Crippen molar-refractivity contribution in [1.82, 2.24) is 5.32 Å². The second-order valence-corrected chi connectivity index (χ2v) is 4.76. The molecule has 0 radical (unpaired) electrons. The Morgan fingerprint density at radius 3 is 2.50 bits per heavy atom. The second kappa shape index (κ2) is 8.97. The van der Waals surface area contributed by atoms with E-state index >= 15 is 0 Å². The van der Waals surface area contributed by atoms with Crippen molar-refractivity contribution >= 4 is 0 Å². The summed E-state index contributed by atoms with van der Waals surface area (Å²) in [6, 6.07) is 0. The maximum atomic E-state index is 6.05. The van der Waals surface area contributed by atoms with Crippen LogP contribution >= 0.6 is 0 Å². The molecule has 1 saturated carbocycles. The van der Waals surface area contributed by atoms with Crippen LogP contribution in [0.5, 0.6) is 0 Å². The minimum atomic E-state index is 0.319. The van der Waals surface area contributed by atoms with Crippen LogP contribution in [-0.2, 0) is 9.47 Å². The van der Waals surface area contributed by atoms with Crippen LogP contribution in [-0.4, -0.2) is 39.0 Å². The first kappa shape index (κ1) is 13.9. The molecule has 96 valence electrons. The van der Waals surface area contributed by atoms with Crippen molar-refractivity contribution in [3.8, 4) is 0 Å². The van der Waals surface area contributed by atoms with Gasteiger partial charge in [-0.1, -0.05) is 25.7 Å². The average Bonchev–Trinajstić information content (AvgIpc) is 2.53. The van der Waals surface area contributed by atoms with Crippen LogP contribution in [0.15, 0.2) is 0 Å². The quantitative estimate of drug-likeness (QED) is 0.537. The van der Waals surface area contributed by atoms with Gasteiger partial charge in [-0.2, -0.15) is 0 Å². The fraction of sp³-hybridized carbons (Fsp3) is 1.00. The SMILES string of the molecule is COCCNCC(C)OC1CCCCCC1. The summed E-state index contributed by atoms with van der Waals surface area (Å²) in [6.45, 7) is 4.77. The molecule has 1 fully saturated rings. The minimum absolute atomic E-state index is 0.319. The molecule has 16 heavy (non-hydrogen) atoms. The normalized spacial score (nSPS) is 20.6. The summed E-state index contributed by atoms with van der Waals surface area (Å²) in [6.07, 6.45) is 8.79. The topological polar surface area (TPSA) is 30.5 Å². The van der Waals surface area contributed by atoms with Crippen LogP contribution in [0.3, 0.4) is 0 Å². The molecule has 0 amide bonds. The molecule has 0 aromatic rings. The highest BCUT2D eigenvalue weighted by molar-refractivity contribution is 4.66. The zero-order chi connectivity index (χ0) is 11.6. The van der Waals surface area contributed by atoms with Crippen molar-refractivity contribution in [3.63, 3.8) is 0 Å². The number of ether oxygens (including phenoxy) is 2. The fourth-order valence-corrected chi connectivity index (χ4v) is 2.23. The standard InChI is InChI=1S/C13H27NO2/c1-12(11-14-9-10-15-2)16-13-7-5-3-4-6-8-13/h12-14H,3-11H2,1-2H3. The number of rotatable bonds is 7. The van der Waals surface area contributed by atoms with Crippen molar-refractivity contribution in [2.45, 2.75) is 57.7 Å². The molecule has 0 bridgehead atoms. The summed E-state index contributed by atoms with van der Waals surface area (Å²) >= 11 is 0. The van der Waals surface area contributed by atoms with Gasteiger partial charge in [0.2, 0.25) is 0 Å². The third kappa shape index (κ3) is 6.46. The minimum Gasteiger partial charge on any atom is -0.383 e. The van der Waals surface area contributed by atoms with Crippen molar-refractivity contribution in [3.05, 3.63) is 0 Å². The first-order valence-electron chi connectivity index (χ1n) is 6.68. The first-order valence-corrected chi connectivity index (χ1v) is 6.68. The van der Waals surface area contributed by atoms with Crippen LogP contribution in [0.4, 0.5) is 0 Å². The largest absolute Gasteiger partial charge is 0.383 e. The lowest BCUT2D eigenvalue weighted by Crippen LogP contribution is -2.32. The van der Waals surface area contributed by atoms with Crippen molar-refractivity contribution in [2.24, 2.45) is 0 Å². The smallest absolute Gasteiger partial charge is 0.0675 e. The van der Waals surface area contributed by atoms with E-state index in [4.69, 9.17) is 9.47 Å². The zero-order valence-electron chi connectivity index (χ0n) is 10.8. The van der Waals surface area contributed by atoms with E-state index in [0.717, 1.165) is 19.7 Å². The maximum Gasteiger partial charge on any atom is 0.0675 e. The molecule has 3 nitrogen and oxygen atoms in total. The van der Waals surface area contributed by atoms with Gasteiger partial charge in [0.25, 0.3) is 0 Å². The van der Waals surface area contributed by atoms with Gasteiger partial charge in [0, 0.05) is 20.2 Å². The highest BCUT2D eigenvalue weighted by Gasteiger charge is 2.15. The van der Waals surface area contributed by atoms with Gasteiger partial charge < -0.3 is 14.8 Å². The molecule has 1 unspecified atom stereocenters. The van der Waals surface area contributed by atoms with E-state index in [1.54, 1.807) is 7.11 Å². The molecule has 1 N–H and O–H groups in total. The Balaban J connectivity index is 2.04.